The van der Waals surface area contributed by atoms with Crippen LogP contribution in [0.15, 0.2) is 36.5 Å². The number of nitrogens with zero attached hydrogens (tertiary/aromatic N) is 2. The molecule has 0 fully saturated rings. The first-order valence-electron chi connectivity index (χ1n) is 4.63. The van der Waals surface area contributed by atoms with Gasteiger partial charge < -0.3 is 5.11 Å². The van der Waals surface area contributed by atoms with Crippen LogP contribution in [-0.4, -0.2) is 26.5 Å². The lowest BCUT2D eigenvalue weighted by Gasteiger charge is -2.00. The summed E-state index contributed by atoms with van der Waals surface area (Å²) in [6.07, 6.45) is 2.94. The van der Waals surface area contributed by atoms with Gasteiger partial charge in [0.15, 0.2) is 0 Å². The van der Waals surface area contributed by atoms with Crippen LogP contribution in [0.1, 0.15) is 11.3 Å². The first kappa shape index (κ1) is 10.1. The molecule has 0 aliphatic carbocycles. The molecule has 0 atom stereocenters. The lowest BCUT2D eigenvalue weighted by Crippen LogP contribution is -1.99. The van der Waals surface area contributed by atoms with Gasteiger partial charge in [-0.3, -0.25) is 0 Å². The van der Waals surface area contributed by atoms with E-state index in [-0.39, 0.29) is 5.57 Å². The standard InChI is InChI=1S/C11H9N3O2/c15-11(16)10(6-9-7-12-14-13-9)8-4-2-1-3-5-8/h1-7H,(H,15,16)(H,12,13,14)/b10-6-. The molecule has 0 aliphatic heterocycles. The van der Waals surface area contributed by atoms with Gasteiger partial charge >= 0.3 is 5.97 Å². The van der Waals surface area contributed by atoms with Crippen LogP contribution in [0.25, 0.3) is 11.6 Å². The molecule has 0 unspecified atom stereocenters. The Bertz CT molecular complexity index is 503. The van der Waals surface area contributed by atoms with E-state index in [2.05, 4.69) is 15.4 Å². The highest BCUT2D eigenvalue weighted by Crippen LogP contribution is 2.16. The van der Waals surface area contributed by atoms with E-state index in [1.54, 1.807) is 24.3 Å². The van der Waals surface area contributed by atoms with Gasteiger partial charge in [-0.25, -0.2) is 4.79 Å². The number of nitrogens with one attached hydrogen (secondary N) is 1. The molecule has 16 heavy (non-hydrogen) atoms. The minimum atomic E-state index is -0.991. The SMILES string of the molecule is O=C(O)/C(=C\c1cn[nH]n1)c1ccccc1. The normalized spacial score (nSPS) is 11.4. The van der Waals surface area contributed by atoms with Crippen LogP contribution in [0.3, 0.4) is 0 Å². The molecule has 0 amide bonds. The molecular formula is C11H9N3O2. The fourth-order valence-electron chi connectivity index (χ4n) is 1.31. The molecule has 0 saturated carbocycles. The largest absolute Gasteiger partial charge is 0.478 e. The fraction of sp³-hybridized carbons (Fsp3) is 0. The van der Waals surface area contributed by atoms with Crippen molar-refractivity contribution in [3.63, 3.8) is 0 Å². The Kier molecular flexibility index (Phi) is 2.77. The summed E-state index contributed by atoms with van der Waals surface area (Å²) in [6, 6.07) is 8.88. The smallest absolute Gasteiger partial charge is 0.336 e. The second kappa shape index (κ2) is 4.39. The van der Waals surface area contributed by atoms with Gasteiger partial charge in [-0.05, 0) is 11.6 Å². The lowest BCUT2D eigenvalue weighted by atomic mass is 10.1. The number of hydrogen-bond donors (Lipinski definition) is 2. The summed E-state index contributed by atoms with van der Waals surface area (Å²) in [6.45, 7) is 0. The zero-order valence-corrected chi connectivity index (χ0v) is 8.29. The number of aromatic nitrogens is 3. The fourth-order valence-corrected chi connectivity index (χ4v) is 1.31. The van der Waals surface area contributed by atoms with E-state index in [1.165, 1.54) is 12.3 Å². The number of carboxylic acid groups (broad SMARTS) is 1. The van der Waals surface area contributed by atoms with Crippen molar-refractivity contribution in [3.8, 4) is 0 Å². The van der Waals surface area contributed by atoms with Gasteiger partial charge in [0.2, 0.25) is 0 Å². The average molecular weight is 215 g/mol. The van der Waals surface area contributed by atoms with Crippen molar-refractivity contribution >= 4 is 17.6 Å². The Morgan fingerprint density at radius 3 is 2.62 bits per heavy atom. The molecule has 1 aromatic carbocycles. The maximum Gasteiger partial charge on any atom is 0.336 e. The number of hydrogen-bond acceptors (Lipinski definition) is 3. The number of aliphatic carboxylic acids is 1. The van der Waals surface area contributed by atoms with Crippen LogP contribution in [0.5, 0.6) is 0 Å². The molecule has 0 spiro atoms. The molecule has 0 aliphatic rings. The minimum absolute atomic E-state index is 0.189. The Morgan fingerprint density at radius 2 is 2.06 bits per heavy atom. The molecular weight excluding hydrogens is 206 g/mol. The van der Waals surface area contributed by atoms with E-state index in [0.717, 1.165) is 0 Å². The summed E-state index contributed by atoms with van der Waals surface area (Å²) >= 11 is 0. The predicted molar refractivity (Wildman–Crippen MR) is 58.3 cm³/mol. The highest BCUT2D eigenvalue weighted by Gasteiger charge is 2.10. The maximum absolute atomic E-state index is 11.1. The van der Waals surface area contributed by atoms with Crippen molar-refractivity contribution in [3.05, 3.63) is 47.8 Å². The van der Waals surface area contributed by atoms with Gasteiger partial charge in [0.1, 0.15) is 5.69 Å². The topological polar surface area (TPSA) is 78.9 Å². The molecule has 0 bridgehead atoms. The van der Waals surface area contributed by atoms with Crippen molar-refractivity contribution in [2.45, 2.75) is 0 Å². The molecule has 2 N–H and O–H groups in total. The number of H-pyrrole nitrogens is 1. The quantitative estimate of drug-likeness (QED) is 0.759. The molecule has 80 valence electrons. The third-order valence-electron chi connectivity index (χ3n) is 2.04. The monoisotopic (exact) mass is 215 g/mol. The molecule has 0 saturated heterocycles. The van der Waals surface area contributed by atoms with Crippen LogP contribution < -0.4 is 0 Å². The Morgan fingerprint density at radius 1 is 1.31 bits per heavy atom. The number of carboxylic acids is 1. The van der Waals surface area contributed by atoms with Gasteiger partial charge in [-0.2, -0.15) is 15.4 Å². The van der Waals surface area contributed by atoms with E-state index >= 15 is 0 Å². The van der Waals surface area contributed by atoms with Crippen molar-refractivity contribution in [1.29, 1.82) is 0 Å². The molecule has 1 heterocycles. The van der Waals surface area contributed by atoms with E-state index < -0.39 is 5.97 Å². The summed E-state index contributed by atoms with van der Waals surface area (Å²) in [5.41, 5.74) is 1.31. The van der Waals surface area contributed by atoms with E-state index in [0.29, 0.717) is 11.3 Å². The van der Waals surface area contributed by atoms with Crippen LogP contribution >= 0.6 is 0 Å². The zero-order valence-electron chi connectivity index (χ0n) is 8.29. The lowest BCUT2D eigenvalue weighted by molar-refractivity contribution is -0.130. The third-order valence-corrected chi connectivity index (χ3v) is 2.04. The number of rotatable bonds is 3. The Balaban J connectivity index is 2.43. The molecule has 5 heteroatoms. The Hall–Kier alpha value is -2.43. The van der Waals surface area contributed by atoms with Gasteiger partial charge in [-0.15, -0.1) is 0 Å². The van der Waals surface area contributed by atoms with Crippen molar-refractivity contribution in [1.82, 2.24) is 15.4 Å². The molecule has 2 aromatic rings. The Labute approximate surface area is 91.4 Å². The first-order valence-corrected chi connectivity index (χ1v) is 4.63. The van der Waals surface area contributed by atoms with Crippen LogP contribution in [-0.2, 0) is 4.79 Å². The highest BCUT2D eigenvalue weighted by atomic mass is 16.4. The highest BCUT2D eigenvalue weighted by molar-refractivity contribution is 6.20. The van der Waals surface area contributed by atoms with Gasteiger partial charge in [0, 0.05) is 0 Å². The summed E-state index contributed by atoms with van der Waals surface area (Å²) < 4.78 is 0. The van der Waals surface area contributed by atoms with E-state index in [1.807, 2.05) is 6.07 Å². The molecule has 0 radical (unpaired) electrons. The first-order chi connectivity index (χ1) is 7.77. The van der Waals surface area contributed by atoms with Gasteiger partial charge in [0.05, 0.1) is 11.8 Å². The van der Waals surface area contributed by atoms with Crippen molar-refractivity contribution in [2.24, 2.45) is 0 Å². The zero-order chi connectivity index (χ0) is 11.4. The predicted octanol–water partition coefficient (Wildman–Crippen LogP) is 1.43. The third kappa shape index (κ3) is 2.14. The molecule has 5 nitrogen and oxygen atoms in total. The summed E-state index contributed by atoms with van der Waals surface area (Å²) in [5.74, 6) is -0.991. The van der Waals surface area contributed by atoms with Crippen molar-refractivity contribution in [2.75, 3.05) is 0 Å². The number of carbonyl (C=O) groups is 1. The maximum atomic E-state index is 11.1. The molecule has 2 rings (SSSR count). The summed E-state index contributed by atoms with van der Waals surface area (Å²) in [7, 11) is 0. The van der Waals surface area contributed by atoms with Crippen LogP contribution in [0.2, 0.25) is 0 Å². The minimum Gasteiger partial charge on any atom is -0.478 e. The second-order valence-corrected chi connectivity index (χ2v) is 3.12. The number of aromatic amines is 1. The second-order valence-electron chi connectivity index (χ2n) is 3.12. The molecule has 1 aromatic heterocycles. The van der Waals surface area contributed by atoms with Gasteiger partial charge in [-0.1, -0.05) is 30.3 Å². The van der Waals surface area contributed by atoms with Crippen LogP contribution in [0.4, 0.5) is 0 Å². The van der Waals surface area contributed by atoms with Crippen molar-refractivity contribution < 1.29 is 9.90 Å². The van der Waals surface area contributed by atoms with Crippen LogP contribution in [0, 0.1) is 0 Å². The number of benzene rings is 1. The van der Waals surface area contributed by atoms with E-state index in [9.17, 15) is 4.79 Å². The summed E-state index contributed by atoms with van der Waals surface area (Å²) in [5, 5.41) is 18.9. The average Bonchev–Trinajstić information content (AvgIpc) is 2.79. The van der Waals surface area contributed by atoms with E-state index in [4.69, 9.17) is 5.11 Å². The van der Waals surface area contributed by atoms with Gasteiger partial charge in [0.25, 0.3) is 0 Å². The summed E-state index contributed by atoms with van der Waals surface area (Å²) in [4.78, 5) is 11.1.